The molecule has 1 unspecified atom stereocenters. The first-order chi connectivity index (χ1) is 10.6. The fraction of sp³-hybridized carbons (Fsp3) is 0.562. The molecule has 0 saturated carbocycles. The van der Waals surface area contributed by atoms with E-state index in [1.165, 1.54) is 0 Å². The van der Waals surface area contributed by atoms with Crippen molar-refractivity contribution in [2.45, 2.75) is 36.8 Å². The Bertz CT molecular complexity index is 499. The molecule has 2 N–H and O–H groups in total. The first-order valence-electron chi connectivity index (χ1n) is 7.60. The van der Waals surface area contributed by atoms with Crippen LogP contribution in [-0.2, 0) is 4.79 Å². The molecule has 1 heterocycles. The van der Waals surface area contributed by atoms with Gasteiger partial charge in [0.15, 0.2) is 0 Å². The number of thioether (sulfide) groups is 1. The Hall–Kier alpha value is -0.850. The van der Waals surface area contributed by atoms with Gasteiger partial charge in [-0.25, -0.2) is 0 Å². The van der Waals surface area contributed by atoms with Crippen LogP contribution in [0.2, 0.25) is 0 Å². The second-order valence-electron chi connectivity index (χ2n) is 5.69. The number of hydrogen-bond acceptors (Lipinski definition) is 3. The fourth-order valence-electron chi connectivity index (χ4n) is 2.84. The van der Waals surface area contributed by atoms with Crippen LogP contribution in [0.1, 0.15) is 26.2 Å². The lowest BCUT2D eigenvalue weighted by atomic mass is 9.84. The summed E-state index contributed by atoms with van der Waals surface area (Å²) in [7, 11) is 0. The molecule has 1 atom stereocenters. The molecule has 1 aromatic carbocycles. The molecule has 1 aliphatic rings. The zero-order valence-electron chi connectivity index (χ0n) is 13.1. The van der Waals surface area contributed by atoms with Gasteiger partial charge in [0.2, 0.25) is 5.91 Å². The van der Waals surface area contributed by atoms with Crippen LogP contribution >= 0.6 is 24.2 Å². The predicted molar refractivity (Wildman–Crippen MR) is 93.6 cm³/mol. The number of amides is 1. The molecule has 1 aliphatic heterocycles. The van der Waals surface area contributed by atoms with Crippen molar-refractivity contribution in [1.29, 1.82) is 0 Å². The van der Waals surface area contributed by atoms with Gasteiger partial charge in [0.25, 0.3) is 5.76 Å². The Morgan fingerprint density at radius 2 is 2.00 bits per heavy atom. The van der Waals surface area contributed by atoms with Crippen LogP contribution in [0.25, 0.3) is 0 Å². The summed E-state index contributed by atoms with van der Waals surface area (Å²) in [6, 6.07) is 6.69. The molecule has 1 fully saturated rings. The number of rotatable bonds is 6. The molecule has 7 heteroatoms. The number of nitrogens with one attached hydrogen (secondary N) is 2. The van der Waals surface area contributed by atoms with Crippen LogP contribution in [-0.4, -0.2) is 24.8 Å². The number of para-hydroxylation sites is 1. The third-order valence-electron chi connectivity index (χ3n) is 4.07. The molecule has 1 saturated heterocycles. The maximum Gasteiger partial charge on any atom is 0.288 e. The lowest BCUT2D eigenvalue weighted by molar-refractivity contribution is -0.117. The van der Waals surface area contributed by atoms with E-state index in [0.717, 1.165) is 25.9 Å². The molecule has 1 aromatic rings. The van der Waals surface area contributed by atoms with Gasteiger partial charge in [-0.1, -0.05) is 30.8 Å². The molecule has 1 amide bonds. The van der Waals surface area contributed by atoms with Crippen molar-refractivity contribution in [3.63, 3.8) is 0 Å². The third-order valence-corrected chi connectivity index (χ3v) is 4.86. The van der Waals surface area contributed by atoms with Crippen molar-refractivity contribution in [3.05, 3.63) is 24.3 Å². The Morgan fingerprint density at radius 3 is 2.65 bits per heavy atom. The number of piperidine rings is 1. The van der Waals surface area contributed by atoms with Crippen molar-refractivity contribution in [1.82, 2.24) is 5.32 Å². The number of alkyl halides is 2. The van der Waals surface area contributed by atoms with E-state index in [1.807, 2.05) is 0 Å². The monoisotopic (exact) mass is 364 g/mol. The smallest absolute Gasteiger partial charge is 0.288 e. The summed E-state index contributed by atoms with van der Waals surface area (Å²) in [4.78, 5) is 12.6. The van der Waals surface area contributed by atoms with Crippen LogP contribution in [0.5, 0.6) is 0 Å². The van der Waals surface area contributed by atoms with Gasteiger partial charge in [-0.15, -0.1) is 12.4 Å². The highest BCUT2D eigenvalue weighted by molar-refractivity contribution is 7.99. The summed E-state index contributed by atoms with van der Waals surface area (Å²) in [5, 5.41) is 6.09. The van der Waals surface area contributed by atoms with Gasteiger partial charge in [0, 0.05) is 11.3 Å². The summed E-state index contributed by atoms with van der Waals surface area (Å²) < 4.78 is 25.1. The Balaban J connectivity index is 0.00000264. The number of carbonyl (C=O) groups is 1. The van der Waals surface area contributed by atoms with E-state index in [0.29, 0.717) is 40.6 Å². The standard InChI is InChI=1S/C16H22F2N2OS.ClH/c1-11(12-6-8-19-9-7-12)10-15(21)20-13-4-2-3-5-14(13)22-16(17)18;/h2-5,11-12,16,19H,6-10H2,1H3,(H,20,21);1H. The zero-order chi connectivity index (χ0) is 15.9. The Morgan fingerprint density at radius 1 is 1.35 bits per heavy atom. The lowest BCUT2D eigenvalue weighted by Crippen LogP contribution is -2.32. The number of benzene rings is 1. The van der Waals surface area contributed by atoms with Crippen LogP contribution < -0.4 is 10.6 Å². The maximum atomic E-state index is 12.5. The molecule has 130 valence electrons. The highest BCUT2D eigenvalue weighted by atomic mass is 35.5. The van der Waals surface area contributed by atoms with Crippen LogP contribution in [0, 0.1) is 11.8 Å². The molecular weight excluding hydrogens is 342 g/mol. The minimum Gasteiger partial charge on any atom is -0.325 e. The van der Waals surface area contributed by atoms with E-state index in [2.05, 4.69) is 17.6 Å². The number of hydrogen-bond donors (Lipinski definition) is 2. The Labute approximate surface area is 146 Å². The summed E-state index contributed by atoms with van der Waals surface area (Å²) in [6.45, 7) is 4.10. The van der Waals surface area contributed by atoms with E-state index >= 15 is 0 Å². The molecular formula is C16H23ClF2N2OS. The topological polar surface area (TPSA) is 41.1 Å². The summed E-state index contributed by atoms with van der Waals surface area (Å²) in [5.74, 6) is -1.74. The molecule has 0 bridgehead atoms. The van der Waals surface area contributed by atoms with E-state index in [-0.39, 0.29) is 18.3 Å². The fourth-order valence-corrected chi connectivity index (χ4v) is 3.44. The van der Waals surface area contributed by atoms with Gasteiger partial charge < -0.3 is 10.6 Å². The third kappa shape index (κ3) is 6.65. The number of anilines is 1. The van der Waals surface area contributed by atoms with E-state index in [4.69, 9.17) is 0 Å². The molecule has 23 heavy (non-hydrogen) atoms. The molecule has 0 radical (unpaired) electrons. The highest BCUT2D eigenvalue weighted by Crippen LogP contribution is 2.32. The lowest BCUT2D eigenvalue weighted by Gasteiger charge is -2.28. The molecule has 0 aromatic heterocycles. The van der Waals surface area contributed by atoms with Gasteiger partial charge in [-0.2, -0.15) is 8.78 Å². The zero-order valence-corrected chi connectivity index (χ0v) is 14.7. The van der Waals surface area contributed by atoms with Gasteiger partial charge in [0.05, 0.1) is 5.69 Å². The van der Waals surface area contributed by atoms with Crippen molar-refractivity contribution in [2.75, 3.05) is 18.4 Å². The van der Waals surface area contributed by atoms with E-state index < -0.39 is 5.76 Å². The summed E-state index contributed by atoms with van der Waals surface area (Å²) >= 11 is 0.458. The molecule has 3 nitrogen and oxygen atoms in total. The first-order valence-corrected chi connectivity index (χ1v) is 8.48. The van der Waals surface area contributed by atoms with Crippen molar-refractivity contribution < 1.29 is 13.6 Å². The van der Waals surface area contributed by atoms with Gasteiger partial charge in [-0.05, 0) is 49.9 Å². The second kappa shape index (κ2) is 10.1. The minimum absolute atomic E-state index is 0. The predicted octanol–water partition coefficient (Wildman–Crippen LogP) is 4.39. The van der Waals surface area contributed by atoms with Gasteiger partial charge in [-0.3, -0.25) is 4.79 Å². The SMILES string of the molecule is CC(CC(=O)Nc1ccccc1SC(F)F)C1CCNCC1.Cl. The normalized spacial score (nSPS) is 16.7. The molecule has 2 rings (SSSR count). The van der Waals surface area contributed by atoms with Gasteiger partial charge in [0.1, 0.15) is 0 Å². The summed E-state index contributed by atoms with van der Waals surface area (Å²) in [6.07, 6.45) is 2.61. The summed E-state index contributed by atoms with van der Waals surface area (Å²) in [5.41, 5.74) is 0.468. The van der Waals surface area contributed by atoms with E-state index in [9.17, 15) is 13.6 Å². The van der Waals surface area contributed by atoms with Crippen LogP contribution in [0.4, 0.5) is 14.5 Å². The van der Waals surface area contributed by atoms with Gasteiger partial charge >= 0.3 is 0 Å². The molecule has 0 aliphatic carbocycles. The van der Waals surface area contributed by atoms with Crippen LogP contribution in [0.3, 0.4) is 0 Å². The maximum absolute atomic E-state index is 12.5. The quantitative estimate of drug-likeness (QED) is 0.735. The van der Waals surface area contributed by atoms with Crippen molar-refractivity contribution in [3.8, 4) is 0 Å². The second-order valence-corrected chi connectivity index (χ2v) is 6.72. The highest BCUT2D eigenvalue weighted by Gasteiger charge is 2.22. The number of halogens is 3. The van der Waals surface area contributed by atoms with Crippen LogP contribution in [0.15, 0.2) is 29.2 Å². The number of carbonyl (C=O) groups excluding carboxylic acids is 1. The Kier molecular flexibility index (Phi) is 8.87. The van der Waals surface area contributed by atoms with Crippen molar-refractivity contribution >= 4 is 35.8 Å². The van der Waals surface area contributed by atoms with Crippen molar-refractivity contribution in [2.24, 2.45) is 11.8 Å². The first kappa shape index (κ1) is 20.2. The molecule has 0 spiro atoms. The van der Waals surface area contributed by atoms with E-state index in [1.54, 1.807) is 24.3 Å². The average molecular weight is 365 g/mol. The average Bonchev–Trinajstić information content (AvgIpc) is 2.49. The largest absolute Gasteiger partial charge is 0.325 e. The minimum atomic E-state index is -2.49.